The third-order valence-corrected chi connectivity index (χ3v) is 5.42. The normalized spacial score (nSPS) is 17.9. The van der Waals surface area contributed by atoms with Crippen molar-refractivity contribution in [2.75, 3.05) is 19.6 Å². The number of fused-ring (bicyclic) bond motifs is 1. The molecule has 140 valence electrons. The smallest absolute Gasteiger partial charge is 0.267 e. The number of hydrogen-bond donors (Lipinski definition) is 2. The third kappa shape index (κ3) is 4.40. The summed E-state index contributed by atoms with van der Waals surface area (Å²) >= 11 is 0. The molecule has 0 saturated carbocycles. The number of piperidine rings is 1. The number of carbonyl (C=O) groups excluding carboxylic acids is 1. The standard InChI is InChI=1S/C23H27N3O/c1-17-9-10-21-19(14-17)15-22(25-21)23(27)24-20-8-5-12-26(16-20)13-11-18-6-3-2-4-7-18/h2-4,6-7,9-10,14-15,20,25H,5,8,11-13,16H2,1H3,(H,24,27)/t20-/m0/s1. The first kappa shape index (κ1) is 17.8. The molecule has 1 aromatic heterocycles. The SMILES string of the molecule is Cc1ccc2[nH]c(C(=O)N[C@H]3CCCN(CCc4ccccc4)C3)cc2c1. The van der Waals surface area contributed by atoms with Crippen LogP contribution in [0.25, 0.3) is 10.9 Å². The van der Waals surface area contributed by atoms with Gasteiger partial charge in [-0.2, -0.15) is 0 Å². The van der Waals surface area contributed by atoms with Gasteiger partial charge in [0.15, 0.2) is 0 Å². The van der Waals surface area contributed by atoms with Crippen molar-refractivity contribution in [2.45, 2.75) is 32.2 Å². The van der Waals surface area contributed by atoms with Crippen LogP contribution in [-0.2, 0) is 6.42 Å². The molecule has 1 saturated heterocycles. The van der Waals surface area contributed by atoms with Gasteiger partial charge in [0.2, 0.25) is 0 Å². The van der Waals surface area contributed by atoms with E-state index in [1.54, 1.807) is 0 Å². The van der Waals surface area contributed by atoms with Crippen molar-refractivity contribution in [3.05, 3.63) is 71.4 Å². The molecular weight excluding hydrogens is 334 g/mol. The molecule has 1 atom stereocenters. The average molecular weight is 361 g/mol. The highest BCUT2D eigenvalue weighted by Gasteiger charge is 2.22. The number of amides is 1. The lowest BCUT2D eigenvalue weighted by Crippen LogP contribution is -2.48. The van der Waals surface area contributed by atoms with Crippen LogP contribution < -0.4 is 5.32 Å². The van der Waals surface area contributed by atoms with E-state index in [2.05, 4.69) is 64.6 Å². The van der Waals surface area contributed by atoms with Crippen molar-refractivity contribution in [2.24, 2.45) is 0 Å². The Balaban J connectivity index is 1.34. The number of hydrogen-bond acceptors (Lipinski definition) is 2. The first-order chi connectivity index (χ1) is 13.2. The molecular formula is C23H27N3O. The van der Waals surface area contributed by atoms with Gasteiger partial charge < -0.3 is 15.2 Å². The van der Waals surface area contributed by atoms with Crippen LogP contribution in [0.15, 0.2) is 54.6 Å². The Hall–Kier alpha value is -2.59. The van der Waals surface area contributed by atoms with Crippen molar-refractivity contribution >= 4 is 16.8 Å². The molecule has 1 aliphatic rings. The van der Waals surface area contributed by atoms with Gasteiger partial charge in [0.1, 0.15) is 5.69 Å². The molecule has 1 aliphatic heterocycles. The van der Waals surface area contributed by atoms with Crippen molar-refractivity contribution in [3.8, 4) is 0 Å². The topological polar surface area (TPSA) is 48.1 Å². The first-order valence-corrected chi connectivity index (χ1v) is 9.84. The molecule has 0 bridgehead atoms. The minimum atomic E-state index is -0.00115. The summed E-state index contributed by atoms with van der Waals surface area (Å²) in [5.74, 6) is -0.00115. The maximum Gasteiger partial charge on any atom is 0.267 e. The highest BCUT2D eigenvalue weighted by molar-refractivity contribution is 5.98. The largest absolute Gasteiger partial charge is 0.351 e. The van der Waals surface area contributed by atoms with Crippen LogP contribution in [0.2, 0.25) is 0 Å². The molecule has 2 N–H and O–H groups in total. The minimum absolute atomic E-state index is 0.00115. The van der Waals surface area contributed by atoms with E-state index in [0.717, 1.165) is 49.8 Å². The lowest BCUT2D eigenvalue weighted by atomic mass is 10.0. The summed E-state index contributed by atoms with van der Waals surface area (Å²) in [6.45, 7) is 5.16. The van der Waals surface area contributed by atoms with Crippen LogP contribution in [0.4, 0.5) is 0 Å². The molecule has 4 rings (SSSR count). The predicted molar refractivity (Wildman–Crippen MR) is 110 cm³/mol. The number of benzene rings is 2. The van der Waals surface area contributed by atoms with Crippen LogP contribution in [0.3, 0.4) is 0 Å². The van der Waals surface area contributed by atoms with Gasteiger partial charge >= 0.3 is 0 Å². The summed E-state index contributed by atoms with van der Waals surface area (Å²) in [7, 11) is 0. The fourth-order valence-electron chi connectivity index (χ4n) is 3.95. The molecule has 3 aromatic rings. The lowest BCUT2D eigenvalue weighted by molar-refractivity contribution is 0.0900. The maximum atomic E-state index is 12.7. The predicted octanol–water partition coefficient (Wildman–Crippen LogP) is 3.91. The molecule has 4 heteroatoms. The fraction of sp³-hybridized carbons (Fsp3) is 0.348. The van der Waals surface area contributed by atoms with E-state index in [4.69, 9.17) is 0 Å². The van der Waals surface area contributed by atoms with Gasteiger partial charge in [0.05, 0.1) is 0 Å². The number of aromatic nitrogens is 1. The van der Waals surface area contributed by atoms with Gasteiger partial charge in [0.25, 0.3) is 5.91 Å². The lowest BCUT2D eigenvalue weighted by Gasteiger charge is -2.33. The summed E-state index contributed by atoms with van der Waals surface area (Å²) in [6.07, 6.45) is 3.24. The third-order valence-electron chi connectivity index (χ3n) is 5.42. The molecule has 2 heterocycles. The molecule has 2 aromatic carbocycles. The van der Waals surface area contributed by atoms with E-state index in [-0.39, 0.29) is 11.9 Å². The highest BCUT2D eigenvalue weighted by atomic mass is 16.1. The molecule has 0 aliphatic carbocycles. The molecule has 1 fully saturated rings. The minimum Gasteiger partial charge on any atom is -0.351 e. The summed E-state index contributed by atoms with van der Waals surface area (Å²) in [5.41, 5.74) is 4.24. The number of nitrogens with zero attached hydrogens (tertiary/aromatic N) is 1. The molecule has 4 nitrogen and oxygen atoms in total. The second-order valence-electron chi connectivity index (χ2n) is 7.62. The summed E-state index contributed by atoms with van der Waals surface area (Å²) < 4.78 is 0. The van der Waals surface area contributed by atoms with Gasteiger partial charge in [-0.05, 0) is 56.5 Å². The number of carbonyl (C=O) groups is 1. The highest BCUT2D eigenvalue weighted by Crippen LogP contribution is 2.18. The van der Waals surface area contributed by atoms with E-state index in [0.29, 0.717) is 5.69 Å². The zero-order valence-electron chi connectivity index (χ0n) is 15.9. The number of likely N-dealkylation sites (tertiary alicyclic amines) is 1. The number of nitrogens with one attached hydrogen (secondary N) is 2. The van der Waals surface area contributed by atoms with Crippen LogP contribution >= 0.6 is 0 Å². The first-order valence-electron chi connectivity index (χ1n) is 9.84. The Morgan fingerprint density at radius 3 is 2.89 bits per heavy atom. The summed E-state index contributed by atoms with van der Waals surface area (Å²) in [6, 6.07) is 19.0. The Labute approximate surface area is 160 Å². The summed E-state index contributed by atoms with van der Waals surface area (Å²) in [5, 5.41) is 4.32. The van der Waals surface area contributed by atoms with E-state index in [9.17, 15) is 4.79 Å². The van der Waals surface area contributed by atoms with Crippen molar-refractivity contribution < 1.29 is 4.79 Å². The van der Waals surface area contributed by atoms with Gasteiger partial charge in [-0.1, -0.05) is 42.0 Å². The Kier molecular flexibility index (Phi) is 5.26. The van der Waals surface area contributed by atoms with Crippen molar-refractivity contribution in [1.82, 2.24) is 15.2 Å². The van der Waals surface area contributed by atoms with Crippen LogP contribution in [0.1, 0.15) is 34.5 Å². The van der Waals surface area contributed by atoms with Gasteiger partial charge in [-0.3, -0.25) is 4.79 Å². The zero-order valence-corrected chi connectivity index (χ0v) is 15.9. The Morgan fingerprint density at radius 1 is 1.19 bits per heavy atom. The van der Waals surface area contributed by atoms with Crippen LogP contribution in [-0.4, -0.2) is 41.5 Å². The quantitative estimate of drug-likeness (QED) is 0.724. The monoisotopic (exact) mass is 361 g/mol. The second-order valence-corrected chi connectivity index (χ2v) is 7.62. The number of aromatic amines is 1. The zero-order chi connectivity index (χ0) is 18.6. The second kappa shape index (κ2) is 7.97. The van der Waals surface area contributed by atoms with E-state index >= 15 is 0 Å². The van der Waals surface area contributed by atoms with Crippen LogP contribution in [0, 0.1) is 6.92 Å². The number of H-pyrrole nitrogens is 1. The van der Waals surface area contributed by atoms with E-state index in [1.165, 1.54) is 11.1 Å². The fourth-order valence-corrected chi connectivity index (χ4v) is 3.95. The molecule has 0 radical (unpaired) electrons. The summed E-state index contributed by atoms with van der Waals surface area (Å²) in [4.78, 5) is 18.4. The van der Waals surface area contributed by atoms with Gasteiger partial charge in [-0.25, -0.2) is 0 Å². The molecule has 27 heavy (non-hydrogen) atoms. The number of rotatable bonds is 5. The molecule has 1 amide bonds. The van der Waals surface area contributed by atoms with Gasteiger partial charge in [-0.15, -0.1) is 0 Å². The Morgan fingerprint density at radius 2 is 2.04 bits per heavy atom. The molecule has 0 unspecified atom stereocenters. The maximum absolute atomic E-state index is 12.7. The van der Waals surface area contributed by atoms with Gasteiger partial charge in [0, 0.05) is 30.0 Å². The van der Waals surface area contributed by atoms with E-state index in [1.807, 2.05) is 12.1 Å². The molecule has 0 spiro atoms. The average Bonchev–Trinajstić information content (AvgIpc) is 3.11. The van der Waals surface area contributed by atoms with Crippen molar-refractivity contribution in [1.29, 1.82) is 0 Å². The Bertz CT molecular complexity index is 916. The van der Waals surface area contributed by atoms with E-state index < -0.39 is 0 Å². The van der Waals surface area contributed by atoms with Crippen molar-refractivity contribution in [3.63, 3.8) is 0 Å². The van der Waals surface area contributed by atoms with Crippen LogP contribution in [0.5, 0.6) is 0 Å². The number of aryl methyl sites for hydroxylation is 1.